The summed E-state index contributed by atoms with van der Waals surface area (Å²) in [5.74, 6) is 1.04. The third-order valence-corrected chi connectivity index (χ3v) is 5.02. The predicted octanol–water partition coefficient (Wildman–Crippen LogP) is 2.48. The second-order valence-electron chi connectivity index (χ2n) is 4.60. The molecule has 1 amide bonds. The smallest absolute Gasteiger partial charge is 0.231 e. The molecule has 0 radical (unpaired) electrons. The monoisotopic (exact) mass is 234 g/mol. The predicted molar refractivity (Wildman–Crippen MR) is 66.5 cm³/mol. The topological polar surface area (TPSA) is 55.1 Å². The van der Waals surface area contributed by atoms with E-state index in [1.165, 1.54) is 6.42 Å². The van der Waals surface area contributed by atoms with Gasteiger partial charge in [0.2, 0.25) is 5.91 Å². The molecule has 3 N–H and O–H groups in total. The highest BCUT2D eigenvalue weighted by atomic mass is 32.2. The molecule has 16 heavy (non-hydrogen) atoms. The molecule has 1 spiro atoms. The first-order chi connectivity index (χ1) is 7.71. The van der Waals surface area contributed by atoms with Gasteiger partial charge in [0.15, 0.2) is 0 Å². The van der Waals surface area contributed by atoms with Crippen LogP contribution in [0.25, 0.3) is 0 Å². The van der Waals surface area contributed by atoms with Gasteiger partial charge in [0, 0.05) is 11.4 Å². The zero-order chi connectivity index (χ0) is 11.2. The molecule has 0 unspecified atom stereocenters. The molecule has 1 aliphatic heterocycles. The van der Waals surface area contributed by atoms with Crippen molar-refractivity contribution in [3.05, 3.63) is 18.2 Å². The average Bonchev–Trinajstić information content (AvgIpc) is 2.34. The SMILES string of the molecule is Nc1cccc2c1SCC1(CCC1)C(=O)N2. The average molecular weight is 234 g/mol. The maximum Gasteiger partial charge on any atom is 0.231 e. The lowest BCUT2D eigenvalue weighted by molar-refractivity contribution is -0.128. The number of nitrogens with two attached hydrogens (primary N) is 1. The summed E-state index contributed by atoms with van der Waals surface area (Å²) in [7, 11) is 0. The van der Waals surface area contributed by atoms with E-state index >= 15 is 0 Å². The first-order valence-corrected chi connectivity index (χ1v) is 6.53. The molecule has 3 rings (SSSR count). The molecule has 2 aliphatic rings. The summed E-state index contributed by atoms with van der Waals surface area (Å²) in [5, 5.41) is 3.02. The highest BCUT2D eigenvalue weighted by Crippen LogP contribution is 2.49. The van der Waals surface area contributed by atoms with Gasteiger partial charge in [-0.05, 0) is 25.0 Å². The largest absolute Gasteiger partial charge is 0.398 e. The lowest BCUT2D eigenvalue weighted by atomic mass is 9.69. The Balaban J connectivity index is 2.00. The zero-order valence-electron chi connectivity index (χ0n) is 8.95. The van der Waals surface area contributed by atoms with E-state index in [4.69, 9.17) is 5.73 Å². The summed E-state index contributed by atoms with van der Waals surface area (Å²) < 4.78 is 0. The number of fused-ring (bicyclic) bond motifs is 1. The molecular formula is C12H14N2OS. The van der Waals surface area contributed by atoms with Crippen molar-refractivity contribution in [3.8, 4) is 0 Å². The molecule has 4 heteroatoms. The van der Waals surface area contributed by atoms with Crippen LogP contribution in [-0.4, -0.2) is 11.7 Å². The molecule has 3 nitrogen and oxygen atoms in total. The third kappa shape index (κ3) is 1.33. The minimum atomic E-state index is -0.129. The van der Waals surface area contributed by atoms with E-state index in [2.05, 4.69) is 5.32 Å². The van der Waals surface area contributed by atoms with Crippen LogP contribution in [0.3, 0.4) is 0 Å². The van der Waals surface area contributed by atoms with Crippen LogP contribution in [0.1, 0.15) is 19.3 Å². The van der Waals surface area contributed by atoms with Gasteiger partial charge in [0.1, 0.15) is 0 Å². The Morgan fingerprint density at radius 3 is 2.88 bits per heavy atom. The molecular weight excluding hydrogens is 220 g/mol. The van der Waals surface area contributed by atoms with E-state index in [-0.39, 0.29) is 11.3 Å². The highest BCUT2D eigenvalue weighted by molar-refractivity contribution is 7.99. The van der Waals surface area contributed by atoms with Crippen molar-refractivity contribution in [2.24, 2.45) is 5.41 Å². The fourth-order valence-corrected chi connectivity index (χ4v) is 3.67. The van der Waals surface area contributed by atoms with Crippen molar-refractivity contribution in [2.75, 3.05) is 16.8 Å². The first-order valence-electron chi connectivity index (χ1n) is 5.54. The molecule has 0 bridgehead atoms. The summed E-state index contributed by atoms with van der Waals surface area (Å²) in [6, 6.07) is 5.69. The zero-order valence-corrected chi connectivity index (χ0v) is 9.77. The van der Waals surface area contributed by atoms with Crippen LogP contribution in [0.15, 0.2) is 23.1 Å². The summed E-state index contributed by atoms with van der Waals surface area (Å²) >= 11 is 1.71. The van der Waals surface area contributed by atoms with Crippen LogP contribution < -0.4 is 11.1 Å². The lowest BCUT2D eigenvalue weighted by Gasteiger charge is -2.38. The molecule has 1 aromatic carbocycles. The fraction of sp³-hybridized carbons (Fsp3) is 0.417. The van der Waals surface area contributed by atoms with Crippen molar-refractivity contribution in [3.63, 3.8) is 0 Å². The third-order valence-electron chi connectivity index (χ3n) is 3.58. The van der Waals surface area contributed by atoms with E-state index in [9.17, 15) is 4.79 Å². The van der Waals surface area contributed by atoms with Crippen molar-refractivity contribution in [1.29, 1.82) is 0 Å². The number of hydrogen-bond donors (Lipinski definition) is 2. The maximum atomic E-state index is 12.1. The molecule has 0 atom stereocenters. The van der Waals surface area contributed by atoms with Gasteiger partial charge in [-0.15, -0.1) is 11.8 Å². The molecule has 1 aromatic rings. The number of carbonyl (C=O) groups is 1. The molecule has 0 aromatic heterocycles. The van der Waals surface area contributed by atoms with Crippen molar-refractivity contribution >= 4 is 29.0 Å². The van der Waals surface area contributed by atoms with Crippen LogP contribution in [0.4, 0.5) is 11.4 Å². The Hall–Kier alpha value is -1.16. The molecule has 1 aliphatic carbocycles. The van der Waals surface area contributed by atoms with E-state index in [0.29, 0.717) is 0 Å². The molecule has 84 valence electrons. The van der Waals surface area contributed by atoms with Crippen LogP contribution in [-0.2, 0) is 4.79 Å². The number of benzene rings is 1. The van der Waals surface area contributed by atoms with Crippen LogP contribution in [0.5, 0.6) is 0 Å². The second kappa shape index (κ2) is 3.42. The van der Waals surface area contributed by atoms with E-state index in [1.54, 1.807) is 11.8 Å². The minimum absolute atomic E-state index is 0.129. The Morgan fingerprint density at radius 2 is 2.19 bits per heavy atom. The number of amides is 1. The molecule has 0 saturated heterocycles. The summed E-state index contributed by atoms with van der Waals surface area (Å²) in [5.41, 5.74) is 7.44. The Kier molecular flexibility index (Phi) is 2.14. The molecule has 1 saturated carbocycles. The van der Waals surface area contributed by atoms with Gasteiger partial charge in [0.05, 0.1) is 16.0 Å². The Morgan fingerprint density at radius 1 is 1.38 bits per heavy atom. The van der Waals surface area contributed by atoms with Gasteiger partial charge < -0.3 is 11.1 Å². The van der Waals surface area contributed by atoms with Crippen LogP contribution in [0.2, 0.25) is 0 Å². The lowest BCUT2D eigenvalue weighted by Crippen LogP contribution is -2.43. The number of rotatable bonds is 0. The quantitative estimate of drug-likeness (QED) is 0.678. The standard InChI is InChI=1S/C12H14N2OS/c13-8-3-1-4-9-10(8)16-7-12(5-2-6-12)11(15)14-9/h1,3-4H,2,5-7,13H2,(H,14,15). The summed E-state index contributed by atoms with van der Waals surface area (Å²) in [4.78, 5) is 13.2. The number of carbonyl (C=O) groups excluding carboxylic acids is 1. The molecule has 1 heterocycles. The van der Waals surface area contributed by atoms with Crippen molar-refractivity contribution in [2.45, 2.75) is 24.2 Å². The number of anilines is 2. The van der Waals surface area contributed by atoms with E-state index < -0.39 is 0 Å². The first kappa shape index (κ1) is 10.0. The van der Waals surface area contributed by atoms with Gasteiger partial charge in [-0.2, -0.15) is 0 Å². The Bertz CT molecular complexity index is 454. The summed E-state index contributed by atoms with van der Waals surface area (Å²) in [6.07, 6.45) is 3.19. The minimum Gasteiger partial charge on any atom is -0.398 e. The van der Waals surface area contributed by atoms with Gasteiger partial charge in [-0.1, -0.05) is 12.5 Å². The number of nitrogen functional groups attached to an aromatic ring is 1. The van der Waals surface area contributed by atoms with Gasteiger partial charge >= 0.3 is 0 Å². The fourth-order valence-electron chi connectivity index (χ4n) is 2.32. The molecule has 1 fully saturated rings. The van der Waals surface area contributed by atoms with Gasteiger partial charge in [-0.25, -0.2) is 0 Å². The van der Waals surface area contributed by atoms with Crippen molar-refractivity contribution < 1.29 is 4.79 Å². The highest BCUT2D eigenvalue weighted by Gasteiger charge is 2.45. The van der Waals surface area contributed by atoms with Crippen LogP contribution >= 0.6 is 11.8 Å². The Labute approximate surface area is 98.8 Å². The van der Waals surface area contributed by atoms with Crippen LogP contribution in [0, 0.1) is 5.41 Å². The number of nitrogens with one attached hydrogen (secondary N) is 1. The normalized spacial score (nSPS) is 21.9. The number of hydrogen-bond acceptors (Lipinski definition) is 3. The van der Waals surface area contributed by atoms with E-state index in [0.717, 1.165) is 34.9 Å². The van der Waals surface area contributed by atoms with Crippen molar-refractivity contribution in [1.82, 2.24) is 0 Å². The summed E-state index contributed by atoms with van der Waals surface area (Å²) in [6.45, 7) is 0. The number of thioether (sulfide) groups is 1. The van der Waals surface area contributed by atoms with Gasteiger partial charge in [-0.3, -0.25) is 4.79 Å². The second-order valence-corrected chi connectivity index (χ2v) is 5.59. The van der Waals surface area contributed by atoms with E-state index in [1.807, 2.05) is 18.2 Å². The van der Waals surface area contributed by atoms with Gasteiger partial charge in [0.25, 0.3) is 0 Å². The maximum absolute atomic E-state index is 12.1.